The van der Waals surface area contributed by atoms with E-state index in [0.717, 1.165) is 11.3 Å². The number of hydrogen-bond acceptors (Lipinski definition) is 5. The Morgan fingerprint density at radius 2 is 1.79 bits per heavy atom. The van der Waals surface area contributed by atoms with Crippen LogP contribution in [0.15, 0.2) is 51.7 Å². The number of rotatable bonds is 10. The predicted molar refractivity (Wildman–Crippen MR) is 136 cm³/mol. The number of imide groups is 1. The highest BCUT2D eigenvalue weighted by molar-refractivity contribution is 6.12. The van der Waals surface area contributed by atoms with E-state index in [1.165, 1.54) is 21.9 Å². The zero-order valence-electron chi connectivity index (χ0n) is 21.3. The average molecular weight is 531 g/mol. The summed E-state index contributed by atoms with van der Waals surface area (Å²) in [4.78, 5) is 39.8. The van der Waals surface area contributed by atoms with Gasteiger partial charge >= 0.3 is 17.8 Å². The molecule has 4 rings (SSSR count). The van der Waals surface area contributed by atoms with Gasteiger partial charge in [0.2, 0.25) is 0 Å². The van der Waals surface area contributed by atoms with Crippen molar-refractivity contribution in [2.75, 3.05) is 24.6 Å². The first-order valence-corrected chi connectivity index (χ1v) is 12.6. The minimum Gasteiger partial charge on any atom is -0.493 e. The van der Waals surface area contributed by atoms with Gasteiger partial charge < -0.3 is 9.15 Å². The molecule has 10 heteroatoms. The number of nitrogens with zero attached hydrogens (tertiary/aromatic N) is 2. The normalized spacial score (nSPS) is 14.1. The van der Waals surface area contributed by atoms with E-state index in [9.17, 15) is 27.6 Å². The third kappa shape index (κ3) is 5.69. The summed E-state index contributed by atoms with van der Waals surface area (Å²) in [6, 6.07) is 10.3. The summed E-state index contributed by atoms with van der Waals surface area (Å²) in [5, 5.41) is -0.174. The van der Waals surface area contributed by atoms with Crippen molar-refractivity contribution >= 4 is 28.6 Å². The molecule has 0 aliphatic carbocycles. The second-order valence-electron chi connectivity index (χ2n) is 9.26. The van der Waals surface area contributed by atoms with Crippen LogP contribution in [0.1, 0.15) is 49.3 Å². The van der Waals surface area contributed by atoms with Crippen molar-refractivity contribution in [3.63, 3.8) is 0 Å². The standard InChI is InChI=1S/C28H29F3N2O5/c1-3-9-20-23(13-12-19-21(28(29,30)31)16-25(35)38-26(19)20)37-15-8-4-7-14-32-24(34)17-33(27(32)36)22-11-6-5-10-18(22)2/h5-6,10-13,16H,3-4,7-9,14-15,17H2,1-2H3. The molecule has 202 valence electrons. The van der Waals surface area contributed by atoms with Gasteiger partial charge in [-0.15, -0.1) is 0 Å². The zero-order valence-corrected chi connectivity index (χ0v) is 21.3. The number of fused-ring (bicyclic) bond motifs is 1. The fraction of sp³-hybridized carbons (Fsp3) is 0.393. The number of ether oxygens (including phenoxy) is 1. The van der Waals surface area contributed by atoms with Gasteiger partial charge in [0.25, 0.3) is 5.91 Å². The van der Waals surface area contributed by atoms with Gasteiger partial charge in [-0.05, 0) is 56.4 Å². The molecule has 1 fully saturated rings. The minimum absolute atomic E-state index is 0.0150. The number of alkyl halides is 3. The quantitative estimate of drug-likeness (QED) is 0.180. The number of benzene rings is 2. The molecule has 0 unspecified atom stereocenters. The first-order chi connectivity index (χ1) is 18.1. The molecule has 2 heterocycles. The summed E-state index contributed by atoms with van der Waals surface area (Å²) in [7, 11) is 0. The van der Waals surface area contributed by atoms with Crippen LogP contribution in [0.5, 0.6) is 5.75 Å². The van der Waals surface area contributed by atoms with E-state index in [0.29, 0.717) is 56.0 Å². The van der Waals surface area contributed by atoms with Gasteiger partial charge in [0.05, 0.1) is 12.2 Å². The van der Waals surface area contributed by atoms with Crippen LogP contribution < -0.4 is 15.3 Å². The number of amides is 3. The van der Waals surface area contributed by atoms with Crippen LogP contribution in [-0.4, -0.2) is 36.5 Å². The number of carbonyl (C=O) groups excluding carboxylic acids is 2. The highest BCUT2D eigenvalue weighted by Crippen LogP contribution is 2.37. The Hall–Kier alpha value is -3.82. The number of urea groups is 1. The van der Waals surface area contributed by atoms with Crippen LogP contribution in [0, 0.1) is 6.92 Å². The van der Waals surface area contributed by atoms with Crippen LogP contribution in [0.4, 0.5) is 23.7 Å². The monoisotopic (exact) mass is 530 g/mol. The second kappa shape index (κ2) is 11.3. The van der Waals surface area contributed by atoms with Crippen LogP contribution in [-0.2, 0) is 17.4 Å². The Balaban J connectivity index is 1.35. The molecule has 0 N–H and O–H groups in total. The molecule has 0 radical (unpaired) electrons. The fourth-order valence-corrected chi connectivity index (χ4v) is 4.67. The highest BCUT2D eigenvalue weighted by Gasteiger charge is 2.37. The first kappa shape index (κ1) is 27.2. The largest absolute Gasteiger partial charge is 0.493 e. The summed E-state index contributed by atoms with van der Waals surface area (Å²) in [5.41, 5.74) is -0.131. The van der Waals surface area contributed by atoms with Gasteiger partial charge in [-0.2, -0.15) is 13.2 Å². The van der Waals surface area contributed by atoms with E-state index in [1.807, 2.05) is 38.1 Å². The number of anilines is 1. The summed E-state index contributed by atoms with van der Waals surface area (Å²) in [5.74, 6) is 0.134. The molecule has 0 atom stereocenters. The lowest BCUT2D eigenvalue weighted by atomic mass is 10.0. The third-order valence-corrected chi connectivity index (χ3v) is 6.52. The van der Waals surface area contributed by atoms with Gasteiger partial charge in [0, 0.05) is 29.2 Å². The number of unbranched alkanes of at least 4 members (excludes halogenated alkanes) is 2. The van der Waals surface area contributed by atoms with E-state index < -0.39 is 17.4 Å². The van der Waals surface area contributed by atoms with E-state index in [-0.39, 0.29) is 36.1 Å². The zero-order chi connectivity index (χ0) is 27.4. The predicted octanol–water partition coefficient (Wildman–Crippen LogP) is 6.09. The van der Waals surface area contributed by atoms with E-state index in [2.05, 4.69) is 0 Å². The molecule has 1 aliphatic rings. The third-order valence-electron chi connectivity index (χ3n) is 6.52. The molecule has 2 aromatic carbocycles. The van der Waals surface area contributed by atoms with Crippen molar-refractivity contribution in [3.05, 3.63) is 69.6 Å². The highest BCUT2D eigenvalue weighted by atomic mass is 19.4. The molecule has 3 amide bonds. The average Bonchev–Trinajstić information content (AvgIpc) is 3.14. The van der Waals surface area contributed by atoms with Crippen LogP contribution in [0.25, 0.3) is 11.0 Å². The molecule has 1 aliphatic heterocycles. The molecule has 0 bridgehead atoms. The molecule has 0 saturated carbocycles. The van der Waals surface area contributed by atoms with Gasteiger partial charge in [0.1, 0.15) is 17.9 Å². The van der Waals surface area contributed by atoms with Crippen LogP contribution >= 0.6 is 0 Å². The Morgan fingerprint density at radius 1 is 1.03 bits per heavy atom. The van der Waals surface area contributed by atoms with E-state index >= 15 is 0 Å². The maximum absolute atomic E-state index is 13.5. The lowest BCUT2D eigenvalue weighted by Crippen LogP contribution is -2.34. The number of halogens is 3. The maximum atomic E-state index is 13.5. The van der Waals surface area contributed by atoms with Crippen molar-refractivity contribution in [3.8, 4) is 5.75 Å². The number of carbonyl (C=O) groups is 2. The van der Waals surface area contributed by atoms with E-state index in [1.54, 1.807) is 0 Å². The summed E-state index contributed by atoms with van der Waals surface area (Å²) in [6.07, 6.45) is -1.82. The Labute approximate surface area is 217 Å². The fourth-order valence-electron chi connectivity index (χ4n) is 4.67. The van der Waals surface area contributed by atoms with Crippen molar-refractivity contribution in [1.29, 1.82) is 0 Å². The van der Waals surface area contributed by atoms with Gasteiger partial charge in [-0.3, -0.25) is 14.6 Å². The minimum atomic E-state index is -4.69. The lowest BCUT2D eigenvalue weighted by molar-refractivity contribution is -0.136. The smallest absolute Gasteiger partial charge is 0.417 e. The van der Waals surface area contributed by atoms with Crippen molar-refractivity contribution < 1.29 is 31.9 Å². The van der Waals surface area contributed by atoms with Gasteiger partial charge in [-0.1, -0.05) is 31.5 Å². The lowest BCUT2D eigenvalue weighted by Gasteiger charge is -2.19. The van der Waals surface area contributed by atoms with Crippen molar-refractivity contribution in [2.45, 2.75) is 52.1 Å². The van der Waals surface area contributed by atoms with Crippen LogP contribution in [0.3, 0.4) is 0 Å². The topological polar surface area (TPSA) is 80.1 Å². The van der Waals surface area contributed by atoms with Crippen LogP contribution in [0.2, 0.25) is 0 Å². The molecular formula is C28H29F3N2O5. The second-order valence-corrected chi connectivity index (χ2v) is 9.26. The van der Waals surface area contributed by atoms with Gasteiger partial charge in [0.15, 0.2) is 0 Å². The molecule has 3 aromatic rings. The number of hydrogen-bond donors (Lipinski definition) is 0. The Bertz CT molecular complexity index is 1400. The summed E-state index contributed by atoms with van der Waals surface area (Å²) >= 11 is 0. The number of aryl methyl sites for hydroxylation is 2. The molecule has 38 heavy (non-hydrogen) atoms. The molecule has 0 spiro atoms. The van der Waals surface area contributed by atoms with Crippen molar-refractivity contribution in [1.82, 2.24) is 4.90 Å². The molecule has 1 aromatic heterocycles. The van der Waals surface area contributed by atoms with Gasteiger partial charge in [-0.25, -0.2) is 9.59 Å². The van der Waals surface area contributed by atoms with E-state index in [4.69, 9.17) is 9.15 Å². The summed E-state index contributed by atoms with van der Waals surface area (Å²) in [6.45, 7) is 4.35. The number of para-hydroxylation sites is 1. The Morgan fingerprint density at radius 3 is 2.50 bits per heavy atom. The maximum Gasteiger partial charge on any atom is 0.417 e. The molecular weight excluding hydrogens is 501 g/mol. The summed E-state index contributed by atoms with van der Waals surface area (Å²) < 4.78 is 51.4. The molecule has 1 saturated heterocycles. The molecule has 7 nitrogen and oxygen atoms in total. The first-order valence-electron chi connectivity index (χ1n) is 12.6. The Kier molecular flexibility index (Phi) is 8.08. The SMILES string of the molecule is CCCc1c(OCCCCCN2C(=O)CN(c3ccccc3C)C2=O)ccc2c(C(F)(F)F)cc(=O)oc12. The van der Waals surface area contributed by atoms with Crippen molar-refractivity contribution in [2.24, 2.45) is 0 Å².